The minimum absolute atomic E-state index is 0.00187. The third kappa shape index (κ3) is 3.51. The molecular formula is C14H8Cl2F3NO2. The molecule has 1 aromatic heterocycles. The van der Waals surface area contributed by atoms with E-state index < -0.39 is 29.8 Å². The van der Waals surface area contributed by atoms with Gasteiger partial charge in [-0.25, -0.2) is 0 Å². The second-order valence-corrected chi connectivity index (χ2v) is 5.23. The largest absolute Gasteiger partial charge is 0.481 e. The van der Waals surface area contributed by atoms with Crippen LogP contribution in [0.4, 0.5) is 13.2 Å². The van der Waals surface area contributed by atoms with Gasteiger partial charge < -0.3 is 5.11 Å². The molecule has 0 spiro atoms. The number of carboxylic acid groups (broad SMARTS) is 1. The van der Waals surface area contributed by atoms with Crippen LogP contribution in [0.3, 0.4) is 0 Å². The summed E-state index contributed by atoms with van der Waals surface area (Å²) < 4.78 is 40.1. The van der Waals surface area contributed by atoms with Crippen molar-refractivity contribution >= 4 is 29.2 Å². The molecule has 8 heteroatoms. The van der Waals surface area contributed by atoms with Gasteiger partial charge in [-0.15, -0.1) is 0 Å². The van der Waals surface area contributed by atoms with Gasteiger partial charge in [0.2, 0.25) is 0 Å². The number of alkyl halides is 3. The van der Waals surface area contributed by atoms with Gasteiger partial charge in [0.1, 0.15) is 0 Å². The van der Waals surface area contributed by atoms with Crippen molar-refractivity contribution in [2.45, 2.75) is 12.6 Å². The van der Waals surface area contributed by atoms with Gasteiger partial charge in [0.25, 0.3) is 0 Å². The number of hydrogen-bond acceptors (Lipinski definition) is 2. The van der Waals surface area contributed by atoms with Crippen molar-refractivity contribution in [1.82, 2.24) is 4.98 Å². The molecule has 1 aromatic carbocycles. The van der Waals surface area contributed by atoms with E-state index >= 15 is 0 Å². The molecule has 3 nitrogen and oxygen atoms in total. The molecule has 2 rings (SSSR count). The third-order valence-corrected chi connectivity index (χ3v) is 3.40. The van der Waals surface area contributed by atoms with Crippen molar-refractivity contribution in [1.29, 1.82) is 0 Å². The molecule has 0 unspecified atom stereocenters. The SMILES string of the molecule is O=C(O)Cc1ccnc(-c2ccc(Cl)cc2Cl)c1C(F)(F)F. The highest BCUT2D eigenvalue weighted by Crippen LogP contribution is 2.40. The fraction of sp³-hybridized carbons (Fsp3) is 0.143. The Balaban J connectivity index is 2.72. The number of benzene rings is 1. The summed E-state index contributed by atoms with van der Waals surface area (Å²) in [6.07, 6.45) is -4.42. The molecule has 0 aliphatic heterocycles. The lowest BCUT2D eigenvalue weighted by molar-refractivity contribution is -0.139. The van der Waals surface area contributed by atoms with E-state index in [1.165, 1.54) is 18.2 Å². The van der Waals surface area contributed by atoms with Gasteiger partial charge in [0.05, 0.1) is 22.7 Å². The normalized spacial score (nSPS) is 11.5. The van der Waals surface area contributed by atoms with Gasteiger partial charge >= 0.3 is 12.1 Å². The molecule has 0 saturated heterocycles. The Morgan fingerprint density at radius 1 is 1.23 bits per heavy atom. The second-order valence-electron chi connectivity index (χ2n) is 4.39. The van der Waals surface area contributed by atoms with Crippen LogP contribution < -0.4 is 0 Å². The molecule has 2 aromatic rings. The standard InChI is InChI=1S/C14H8Cl2F3NO2/c15-8-1-2-9(10(16)6-8)13-12(14(17,18)19)7(3-4-20-13)5-11(21)22/h1-4,6H,5H2,(H,21,22). The predicted octanol–water partition coefficient (Wildman–Crippen LogP) is 4.70. The summed E-state index contributed by atoms with van der Waals surface area (Å²) in [4.78, 5) is 14.5. The van der Waals surface area contributed by atoms with Crippen molar-refractivity contribution in [3.05, 3.63) is 51.6 Å². The number of pyridine rings is 1. The number of nitrogens with zero attached hydrogens (tertiary/aromatic N) is 1. The van der Waals surface area contributed by atoms with Crippen molar-refractivity contribution < 1.29 is 23.1 Å². The number of rotatable bonds is 3. The van der Waals surface area contributed by atoms with E-state index in [1.807, 2.05) is 0 Å². The van der Waals surface area contributed by atoms with Crippen molar-refractivity contribution in [3.63, 3.8) is 0 Å². The van der Waals surface area contributed by atoms with E-state index in [0.29, 0.717) is 0 Å². The zero-order valence-corrected chi connectivity index (χ0v) is 12.3. The summed E-state index contributed by atoms with van der Waals surface area (Å²) >= 11 is 11.7. The molecule has 0 fully saturated rings. The Labute approximate surface area is 133 Å². The van der Waals surface area contributed by atoms with Crippen LogP contribution in [0.5, 0.6) is 0 Å². The first-order valence-corrected chi connectivity index (χ1v) is 6.68. The van der Waals surface area contributed by atoms with Gasteiger partial charge in [-0.2, -0.15) is 13.2 Å². The highest BCUT2D eigenvalue weighted by molar-refractivity contribution is 6.36. The Morgan fingerprint density at radius 2 is 1.91 bits per heavy atom. The Kier molecular flexibility index (Phi) is 4.63. The zero-order chi connectivity index (χ0) is 16.5. The number of aromatic nitrogens is 1. The third-order valence-electron chi connectivity index (χ3n) is 2.85. The number of carbonyl (C=O) groups is 1. The lowest BCUT2D eigenvalue weighted by atomic mass is 9.98. The van der Waals surface area contributed by atoms with E-state index in [1.54, 1.807) is 0 Å². The minimum atomic E-state index is -4.77. The Bertz CT molecular complexity index is 733. The molecule has 0 bridgehead atoms. The highest BCUT2D eigenvalue weighted by Gasteiger charge is 2.38. The molecule has 22 heavy (non-hydrogen) atoms. The number of aliphatic carboxylic acids is 1. The number of carboxylic acids is 1. The van der Waals surface area contributed by atoms with Crippen LogP contribution in [0.25, 0.3) is 11.3 Å². The highest BCUT2D eigenvalue weighted by atomic mass is 35.5. The van der Waals surface area contributed by atoms with Gasteiger partial charge in [-0.05, 0) is 29.8 Å². The molecule has 116 valence electrons. The van der Waals surface area contributed by atoms with Crippen LogP contribution in [-0.4, -0.2) is 16.1 Å². The monoisotopic (exact) mass is 349 g/mol. The maximum absolute atomic E-state index is 13.4. The smallest absolute Gasteiger partial charge is 0.418 e. The number of hydrogen-bond donors (Lipinski definition) is 1. The number of halogens is 5. The fourth-order valence-corrected chi connectivity index (χ4v) is 2.51. The van der Waals surface area contributed by atoms with Crippen molar-refractivity contribution in [2.75, 3.05) is 0 Å². The molecule has 0 amide bonds. The van der Waals surface area contributed by atoms with Crippen LogP contribution >= 0.6 is 23.2 Å². The van der Waals surface area contributed by atoms with Crippen LogP contribution in [0, 0.1) is 0 Å². The van der Waals surface area contributed by atoms with Gasteiger partial charge in [-0.1, -0.05) is 23.2 Å². The van der Waals surface area contributed by atoms with E-state index in [9.17, 15) is 18.0 Å². The minimum Gasteiger partial charge on any atom is -0.481 e. The van der Waals surface area contributed by atoms with Crippen LogP contribution in [0.1, 0.15) is 11.1 Å². The molecule has 1 N–H and O–H groups in total. The lowest BCUT2D eigenvalue weighted by Gasteiger charge is -2.16. The van der Waals surface area contributed by atoms with Gasteiger partial charge in [0.15, 0.2) is 0 Å². The maximum atomic E-state index is 13.4. The average molecular weight is 350 g/mol. The summed E-state index contributed by atoms with van der Waals surface area (Å²) in [6.45, 7) is 0. The first-order valence-electron chi connectivity index (χ1n) is 5.92. The fourth-order valence-electron chi connectivity index (χ4n) is 2.01. The molecule has 0 radical (unpaired) electrons. The Morgan fingerprint density at radius 3 is 2.45 bits per heavy atom. The van der Waals surface area contributed by atoms with Gasteiger partial charge in [0, 0.05) is 16.8 Å². The first kappa shape index (κ1) is 16.6. The quantitative estimate of drug-likeness (QED) is 0.873. The van der Waals surface area contributed by atoms with E-state index in [2.05, 4.69) is 4.98 Å². The van der Waals surface area contributed by atoms with Crippen molar-refractivity contribution in [2.24, 2.45) is 0 Å². The topological polar surface area (TPSA) is 50.2 Å². The molecule has 0 aliphatic carbocycles. The van der Waals surface area contributed by atoms with Crippen LogP contribution in [0.15, 0.2) is 30.5 Å². The molecule has 1 heterocycles. The zero-order valence-electron chi connectivity index (χ0n) is 10.8. The summed E-state index contributed by atoms with van der Waals surface area (Å²) in [5, 5.41) is 9.04. The lowest BCUT2D eigenvalue weighted by Crippen LogP contribution is -2.15. The molecular weight excluding hydrogens is 342 g/mol. The summed E-state index contributed by atoms with van der Waals surface area (Å²) in [6, 6.07) is 5.02. The van der Waals surface area contributed by atoms with Gasteiger partial charge in [-0.3, -0.25) is 9.78 Å². The summed E-state index contributed by atoms with van der Waals surface area (Å²) in [5.41, 5.74) is -1.88. The second kappa shape index (κ2) is 6.14. The maximum Gasteiger partial charge on any atom is 0.418 e. The molecule has 0 aliphatic rings. The van der Waals surface area contributed by atoms with E-state index in [-0.39, 0.29) is 21.2 Å². The van der Waals surface area contributed by atoms with Crippen LogP contribution in [0.2, 0.25) is 10.0 Å². The summed E-state index contributed by atoms with van der Waals surface area (Å²) in [7, 11) is 0. The van der Waals surface area contributed by atoms with E-state index in [0.717, 1.165) is 12.3 Å². The Hall–Kier alpha value is -1.79. The van der Waals surface area contributed by atoms with E-state index in [4.69, 9.17) is 28.3 Å². The molecule has 0 atom stereocenters. The average Bonchev–Trinajstić information content (AvgIpc) is 2.36. The summed E-state index contributed by atoms with van der Waals surface area (Å²) in [5.74, 6) is -1.37. The van der Waals surface area contributed by atoms with Crippen LogP contribution in [-0.2, 0) is 17.4 Å². The molecule has 0 saturated carbocycles. The predicted molar refractivity (Wildman–Crippen MR) is 76.0 cm³/mol. The van der Waals surface area contributed by atoms with Crippen molar-refractivity contribution in [3.8, 4) is 11.3 Å². The first-order chi connectivity index (χ1) is 10.2.